The molecule has 0 aliphatic carbocycles. The summed E-state index contributed by atoms with van der Waals surface area (Å²) in [7, 11) is 1.03. The third-order valence-electron chi connectivity index (χ3n) is 2.30. The van der Waals surface area contributed by atoms with E-state index in [1.54, 1.807) is 0 Å². The Kier molecular flexibility index (Phi) is 3.29. The molecule has 0 heterocycles. The number of phenols is 1. The predicted octanol–water partition coefficient (Wildman–Crippen LogP) is 2.65. The number of hydrogen-bond acceptors (Lipinski definition) is 3. The average molecular weight is 250 g/mol. The zero-order valence-electron chi connectivity index (χ0n) is 9.59. The van der Waals surface area contributed by atoms with E-state index in [2.05, 4.69) is 4.74 Å². The first kappa shape index (κ1) is 13.6. The molecule has 3 nitrogen and oxygen atoms in total. The standard InChI is InChI=1S/C11H13F3O3/c1-10(2,16)6-4-5-7(11(12,13)14)9(17-3)8(6)15/h4-5,15-16H,1-3H3. The van der Waals surface area contributed by atoms with Crippen molar-refractivity contribution in [2.24, 2.45) is 0 Å². The molecule has 2 N–H and O–H groups in total. The third kappa shape index (κ3) is 2.63. The van der Waals surface area contributed by atoms with Crippen LogP contribution in [0.5, 0.6) is 11.5 Å². The predicted molar refractivity (Wildman–Crippen MR) is 54.9 cm³/mol. The molecule has 0 fully saturated rings. The molecular formula is C11H13F3O3. The lowest BCUT2D eigenvalue weighted by atomic mass is 9.95. The number of halogens is 3. The lowest BCUT2D eigenvalue weighted by molar-refractivity contribution is -0.139. The van der Waals surface area contributed by atoms with E-state index in [1.807, 2.05) is 0 Å². The summed E-state index contributed by atoms with van der Waals surface area (Å²) < 4.78 is 42.3. The molecule has 0 amide bonds. The van der Waals surface area contributed by atoms with Gasteiger partial charge in [-0.2, -0.15) is 13.2 Å². The fourth-order valence-electron chi connectivity index (χ4n) is 1.49. The van der Waals surface area contributed by atoms with Crippen molar-refractivity contribution < 1.29 is 28.1 Å². The number of alkyl halides is 3. The van der Waals surface area contributed by atoms with Gasteiger partial charge in [-0.15, -0.1) is 0 Å². The molecule has 17 heavy (non-hydrogen) atoms. The maximum Gasteiger partial charge on any atom is 0.420 e. The number of aromatic hydroxyl groups is 1. The first-order valence-corrected chi connectivity index (χ1v) is 4.79. The molecule has 0 spiro atoms. The molecule has 1 rings (SSSR count). The van der Waals surface area contributed by atoms with Gasteiger partial charge in [0.2, 0.25) is 0 Å². The summed E-state index contributed by atoms with van der Waals surface area (Å²) in [6, 6.07) is 1.80. The van der Waals surface area contributed by atoms with E-state index in [4.69, 9.17) is 0 Å². The SMILES string of the molecule is COc1c(C(F)(F)F)ccc(C(C)(C)O)c1O. The van der Waals surface area contributed by atoms with Gasteiger partial charge < -0.3 is 14.9 Å². The van der Waals surface area contributed by atoms with E-state index in [0.717, 1.165) is 19.2 Å². The van der Waals surface area contributed by atoms with E-state index in [9.17, 15) is 23.4 Å². The minimum absolute atomic E-state index is 0.0256. The van der Waals surface area contributed by atoms with Crippen LogP contribution in [0.2, 0.25) is 0 Å². The van der Waals surface area contributed by atoms with Crippen LogP contribution < -0.4 is 4.74 Å². The Bertz CT molecular complexity index is 419. The zero-order chi connectivity index (χ0) is 13.4. The van der Waals surface area contributed by atoms with Crippen LogP contribution in [-0.2, 0) is 11.8 Å². The maximum atomic E-state index is 12.6. The summed E-state index contributed by atoms with van der Waals surface area (Å²) in [5.41, 5.74) is -2.56. The highest BCUT2D eigenvalue weighted by atomic mass is 19.4. The molecule has 1 aromatic carbocycles. The summed E-state index contributed by atoms with van der Waals surface area (Å²) in [6.07, 6.45) is -4.62. The van der Waals surface area contributed by atoms with Crippen molar-refractivity contribution in [2.45, 2.75) is 25.6 Å². The Hall–Kier alpha value is -1.43. The van der Waals surface area contributed by atoms with E-state index >= 15 is 0 Å². The van der Waals surface area contributed by atoms with Crippen LogP contribution in [0.15, 0.2) is 12.1 Å². The van der Waals surface area contributed by atoms with Gasteiger partial charge in [-0.25, -0.2) is 0 Å². The van der Waals surface area contributed by atoms with Crippen LogP contribution >= 0.6 is 0 Å². The van der Waals surface area contributed by atoms with E-state index < -0.39 is 28.8 Å². The van der Waals surface area contributed by atoms with Crippen LogP contribution in [0.25, 0.3) is 0 Å². The molecule has 0 unspecified atom stereocenters. The fourth-order valence-corrected chi connectivity index (χ4v) is 1.49. The summed E-state index contributed by atoms with van der Waals surface area (Å²) in [5, 5.41) is 19.4. The van der Waals surface area contributed by atoms with E-state index in [1.165, 1.54) is 13.8 Å². The second-order valence-electron chi connectivity index (χ2n) is 4.10. The Balaban J connectivity index is 3.49. The minimum Gasteiger partial charge on any atom is -0.504 e. The number of rotatable bonds is 2. The number of hydrogen-bond donors (Lipinski definition) is 2. The molecule has 0 aliphatic heterocycles. The lowest BCUT2D eigenvalue weighted by Crippen LogP contribution is -2.17. The van der Waals surface area contributed by atoms with Crippen LogP contribution in [0.3, 0.4) is 0 Å². The lowest BCUT2D eigenvalue weighted by Gasteiger charge is -2.22. The van der Waals surface area contributed by atoms with Crippen LogP contribution in [0.1, 0.15) is 25.0 Å². The molecule has 96 valence electrons. The largest absolute Gasteiger partial charge is 0.504 e. The molecular weight excluding hydrogens is 237 g/mol. The van der Waals surface area contributed by atoms with Crippen molar-refractivity contribution in [1.82, 2.24) is 0 Å². The van der Waals surface area contributed by atoms with Gasteiger partial charge >= 0.3 is 6.18 Å². The fraction of sp³-hybridized carbons (Fsp3) is 0.455. The van der Waals surface area contributed by atoms with Crippen molar-refractivity contribution in [2.75, 3.05) is 7.11 Å². The normalized spacial score (nSPS) is 12.6. The smallest absolute Gasteiger partial charge is 0.420 e. The number of ether oxygens (including phenoxy) is 1. The molecule has 0 saturated heterocycles. The van der Waals surface area contributed by atoms with Crippen LogP contribution in [0.4, 0.5) is 13.2 Å². The maximum absolute atomic E-state index is 12.6. The number of phenolic OH excluding ortho intramolecular Hbond substituents is 1. The second-order valence-corrected chi connectivity index (χ2v) is 4.10. The first-order chi connectivity index (χ1) is 7.59. The Morgan fingerprint density at radius 2 is 1.59 bits per heavy atom. The highest BCUT2D eigenvalue weighted by Crippen LogP contribution is 2.45. The third-order valence-corrected chi connectivity index (χ3v) is 2.30. The highest BCUT2D eigenvalue weighted by Gasteiger charge is 2.37. The van der Waals surface area contributed by atoms with Crippen molar-refractivity contribution in [3.8, 4) is 11.5 Å². The number of benzene rings is 1. The van der Waals surface area contributed by atoms with Gasteiger partial charge in [0.15, 0.2) is 11.5 Å². The van der Waals surface area contributed by atoms with Gasteiger partial charge in [-0.3, -0.25) is 0 Å². The summed E-state index contributed by atoms with van der Waals surface area (Å²) in [5.74, 6) is -1.38. The average Bonchev–Trinajstić information content (AvgIpc) is 2.13. The molecule has 0 aromatic heterocycles. The van der Waals surface area contributed by atoms with E-state index in [0.29, 0.717) is 0 Å². The molecule has 0 aliphatic rings. The first-order valence-electron chi connectivity index (χ1n) is 4.79. The van der Waals surface area contributed by atoms with Crippen molar-refractivity contribution in [3.05, 3.63) is 23.3 Å². The molecule has 6 heteroatoms. The molecule has 0 saturated carbocycles. The van der Waals surface area contributed by atoms with Crippen LogP contribution in [-0.4, -0.2) is 17.3 Å². The van der Waals surface area contributed by atoms with Gasteiger partial charge in [0.05, 0.1) is 12.7 Å². The second kappa shape index (κ2) is 4.10. The molecule has 1 aromatic rings. The Labute approximate surface area is 96.5 Å². The highest BCUT2D eigenvalue weighted by molar-refractivity contribution is 5.53. The summed E-state index contributed by atoms with van der Waals surface area (Å²) >= 11 is 0. The summed E-state index contributed by atoms with van der Waals surface area (Å²) in [6.45, 7) is 2.71. The number of aliphatic hydroxyl groups is 1. The topological polar surface area (TPSA) is 49.7 Å². The van der Waals surface area contributed by atoms with Gasteiger partial charge in [0.25, 0.3) is 0 Å². The van der Waals surface area contributed by atoms with Crippen molar-refractivity contribution in [1.29, 1.82) is 0 Å². The zero-order valence-corrected chi connectivity index (χ0v) is 9.59. The van der Waals surface area contributed by atoms with E-state index in [-0.39, 0.29) is 5.56 Å². The van der Waals surface area contributed by atoms with Crippen LogP contribution in [0, 0.1) is 0 Å². The Morgan fingerprint density at radius 1 is 1.12 bits per heavy atom. The summed E-state index contributed by atoms with van der Waals surface area (Å²) in [4.78, 5) is 0. The van der Waals surface area contributed by atoms with Crippen molar-refractivity contribution >= 4 is 0 Å². The molecule has 0 atom stereocenters. The number of methoxy groups -OCH3 is 1. The molecule has 0 bridgehead atoms. The van der Waals surface area contributed by atoms with Gasteiger partial charge in [0.1, 0.15) is 5.56 Å². The monoisotopic (exact) mass is 250 g/mol. The van der Waals surface area contributed by atoms with Gasteiger partial charge in [-0.05, 0) is 19.9 Å². The molecule has 0 radical (unpaired) electrons. The van der Waals surface area contributed by atoms with Crippen molar-refractivity contribution in [3.63, 3.8) is 0 Å². The van der Waals surface area contributed by atoms with Gasteiger partial charge in [-0.1, -0.05) is 6.07 Å². The quantitative estimate of drug-likeness (QED) is 0.848. The van der Waals surface area contributed by atoms with Gasteiger partial charge in [0, 0.05) is 5.56 Å². The Morgan fingerprint density at radius 3 is 1.94 bits per heavy atom. The minimum atomic E-state index is -4.62.